The zero-order valence-electron chi connectivity index (χ0n) is 14.2. The van der Waals surface area contributed by atoms with Gasteiger partial charge in [0.2, 0.25) is 0 Å². The van der Waals surface area contributed by atoms with Crippen LogP contribution in [-0.2, 0) is 4.74 Å². The minimum atomic E-state index is -0.832. The van der Waals surface area contributed by atoms with Crippen LogP contribution in [0, 0.1) is 5.92 Å². The Morgan fingerprint density at radius 3 is 2.52 bits per heavy atom. The van der Waals surface area contributed by atoms with Crippen molar-refractivity contribution in [2.75, 3.05) is 0 Å². The molecule has 2 N–H and O–H groups in total. The van der Waals surface area contributed by atoms with E-state index in [1.807, 2.05) is 34.6 Å². The number of alkyl carbamates (subject to hydrolysis) is 1. The van der Waals surface area contributed by atoms with Gasteiger partial charge in [-0.3, -0.25) is 0 Å². The smallest absolute Gasteiger partial charge is 0.407 e. The first-order valence-electron chi connectivity index (χ1n) is 7.88. The van der Waals surface area contributed by atoms with Crippen LogP contribution in [-0.4, -0.2) is 37.8 Å². The summed E-state index contributed by atoms with van der Waals surface area (Å²) in [5.41, 5.74) is -0.0519. The van der Waals surface area contributed by atoms with Gasteiger partial charge in [-0.15, -0.1) is 5.10 Å². The van der Waals surface area contributed by atoms with Crippen LogP contribution in [0.1, 0.15) is 65.3 Å². The minimum absolute atomic E-state index is 0.247. The molecule has 7 nitrogen and oxygen atoms in total. The lowest BCUT2D eigenvalue weighted by Crippen LogP contribution is -2.42. The predicted octanol–water partition coefficient (Wildman–Crippen LogP) is 2.96. The number of ether oxygens (including phenoxy) is 1. The maximum Gasteiger partial charge on any atom is 0.407 e. The van der Waals surface area contributed by atoms with Gasteiger partial charge in [0.25, 0.3) is 0 Å². The van der Waals surface area contributed by atoms with Gasteiger partial charge in [-0.05, 0) is 56.5 Å². The molecule has 1 aromatic rings. The molecule has 1 aromatic heterocycles. The number of nitrogens with zero attached hydrogens (tertiary/aromatic N) is 3. The minimum Gasteiger partial charge on any atom is -0.444 e. The van der Waals surface area contributed by atoms with Gasteiger partial charge < -0.3 is 15.2 Å². The SMILES string of the molecule is CC(NC(=O)OC(C)(C)C)[C@H](C)[C@@H](O)c1nn(C2CC2)nc1Br. The first-order chi connectivity index (χ1) is 10.6. The quantitative estimate of drug-likeness (QED) is 0.808. The number of aromatic nitrogens is 3. The molecule has 8 heteroatoms. The fourth-order valence-electron chi connectivity index (χ4n) is 2.11. The van der Waals surface area contributed by atoms with Crippen LogP contribution < -0.4 is 5.32 Å². The number of aliphatic hydroxyl groups is 1. The summed E-state index contributed by atoms with van der Waals surface area (Å²) in [5.74, 6) is -0.247. The van der Waals surface area contributed by atoms with E-state index in [-0.39, 0.29) is 12.0 Å². The highest BCUT2D eigenvalue weighted by molar-refractivity contribution is 9.10. The Kier molecular flexibility index (Phi) is 5.35. The van der Waals surface area contributed by atoms with Gasteiger partial charge in [0.15, 0.2) is 4.60 Å². The van der Waals surface area contributed by atoms with Crippen LogP contribution >= 0.6 is 15.9 Å². The molecule has 1 aliphatic carbocycles. The second-order valence-electron chi connectivity index (χ2n) is 7.17. The number of hydrogen-bond acceptors (Lipinski definition) is 5. The average molecular weight is 389 g/mol. The first kappa shape index (κ1) is 18.2. The van der Waals surface area contributed by atoms with E-state index in [2.05, 4.69) is 31.4 Å². The van der Waals surface area contributed by atoms with Gasteiger partial charge in [0.1, 0.15) is 17.4 Å². The zero-order valence-corrected chi connectivity index (χ0v) is 15.8. The maximum absolute atomic E-state index is 11.8. The van der Waals surface area contributed by atoms with E-state index in [0.29, 0.717) is 16.3 Å². The lowest BCUT2D eigenvalue weighted by atomic mass is 9.95. The van der Waals surface area contributed by atoms with Crippen molar-refractivity contribution in [1.29, 1.82) is 0 Å². The Labute approximate surface area is 144 Å². The summed E-state index contributed by atoms with van der Waals surface area (Å²) in [7, 11) is 0. The van der Waals surface area contributed by atoms with Crippen molar-refractivity contribution in [3.8, 4) is 0 Å². The number of hydrogen-bond donors (Lipinski definition) is 2. The van der Waals surface area contributed by atoms with E-state index in [1.165, 1.54) is 0 Å². The second-order valence-corrected chi connectivity index (χ2v) is 7.92. The van der Waals surface area contributed by atoms with E-state index in [9.17, 15) is 9.90 Å². The Morgan fingerprint density at radius 2 is 2.00 bits per heavy atom. The van der Waals surface area contributed by atoms with Crippen molar-refractivity contribution < 1.29 is 14.6 Å². The van der Waals surface area contributed by atoms with Gasteiger partial charge in [-0.2, -0.15) is 9.90 Å². The zero-order chi connectivity index (χ0) is 17.4. The number of halogens is 1. The molecule has 0 spiro atoms. The van der Waals surface area contributed by atoms with Crippen molar-refractivity contribution in [2.45, 2.75) is 71.2 Å². The summed E-state index contributed by atoms with van der Waals surface area (Å²) in [6, 6.07) is 0.0673. The Balaban J connectivity index is 1.98. The summed E-state index contributed by atoms with van der Waals surface area (Å²) < 4.78 is 5.79. The summed E-state index contributed by atoms with van der Waals surface area (Å²) in [6.07, 6.45) is 0.817. The highest BCUT2D eigenvalue weighted by atomic mass is 79.9. The fraction of sp³-hybridized carbons (Fsp3) is 0.800. The van der Waals surface area contributed by atoms with E-state index in [1.54, 1.807) is 4.80 Å². The van der Waals surface area contributed by atoms with Gasteiger partial charge in [-0.1, -0.05) is 6.92 Å². The molecule has 1 heterocycles. The van der Waals surface area contributed by atoms with E-state index >= 15 is 0 Å². The Morgan fingerprint density at radius 1 is 1.39 bits per heavy atom. The van der Waals surface area contributed by atoms with Gasteiger partial charge in [0.05, 0.1) is 6.04 Å². The number of carbonyl (C=O) groups is 1. The average Bonchev–Trinajstić information content (AvgIpc) is 3.18. The van der Waals surface area contributed by atoms with Crippen LogP contribution in [0.5, 0.6) is 0 Å². The fourth-order valence-corrected chi connectivity index (χ4v) is 2.59. The molecule has 1 amide bonds. The predicted molar refractivity (Wildman–Crippen MR) is 88.9 cm³/mol. The van der Waals surface area contributed by atoms with E-state index in [4.69, 9.17) is 4.74 Å². The molecule has 0 aliphatic heterocycles. The number of nitrogens with one attached hydrogen (secondary N) is 1. The first-order valence-corrected chi connectivity index (χ1v) is 8.67. The third-order valence-electron chi connectivity index (χ3n) is 3.80. The summed E-state index contributed by atoms with van der Waals surface area (Å²) in [5, 5.41) is 22.0. The third kappa shape index (κ3) is 4.91. The monoisotopic (exact) mass is 388 g/mol. The number of rotatable bonds is 5. The standard InChI is InChI=1S/C15H25BrN4O3/c1-8(9(2)17-14(22)23-15(3,4)5)12(21)11-13(16)19-20(18-11)10-6-7-10/h8-10,12,21H,6-7H2,1-5H3,(H,17,22)/t8-,9?,12+/m0/s1. The molecule has 1 aliphatic rings. The van der Waals surface area contributed by atoms with Crippen LogP contribution in [0.25, 0.3) is 0 Å². The lowest BCUT2D eigenvalue weighted by Gasteiger charge is -2.27. The van der Waals surface area contributed by atoms with Crippen molar-refractivity contribution in [3.63, 3.8) is 0 Å². The van der Waals surface area contributed by atoms with Gasteiger partial charge in [-0.25, -0.2) is 4.79 Å². The number of carbonyl (C=O) groups excluding carboxylic acids is 1. The number of amides is 1. The second kappa shape index (κ2) is 6.76. The molecule has 0 bridgehead atoms. The van der Waals surface area contributed by atoms with Crippen molar-refractivity contribution in [3.05, 3.63) is 10.3 Å². The lowest BCUT2D eigenvalue weighted by molar-refractivity contribution is 0.0430. The molecule has 23 heavy (non-hydrogen) atoms. The number of aliphatic hydroxyl groups excluding tert-OH is 1. The summed E-state index contributed by atoms with van der Waals surface area (Å²) in [6.45, 7) is 9.11. The molecule has 0 radical (unpaired) electrons. The van der Waals surface area contributed by atoms with Crippen LogP contribution in [0.3, 0.4) is 0 Å². The van der Waals surface area contributed by atoms with E-state index < -0.39 is 17.8 Å². The van der Waals surface area contributed by atoms with Gasteiger partial charge >= 0.3 is 6.09 Å². The highest BCUT2D eigenvalue weighted by Gasteiger charge is 2.32. The molecule has 1 fully saturated rings. The molecule has 1 saturated carbocycles. The van der Waals surface area contributed by atoms with Crippen molar-refractivity contribution in [2.24, 2.45) is 5.92 Å². The van der Waals surface area contributed by atoms with E-state index in [0.717, 1.165) is 12.8 Å². The highest BCUT2D eigenvalue weighted by Crippen LogP contribution is 2.36. The molecular weight excluding hydrogens is 364 g/mol. The van der Waals surface area contributed by atoms with Crippen LogP contribution in [0.15, 0.2) is 4.60 Å². The molecule has 1 unspecified atom stereocenters. The van der Waals surface area contributed by atoms with Crippen LogP contribution in [0.4, 0.5) is 4.79 Å². The normalized spacial score (nSPS) is 19.1. The molecule has 130 valence electrons. The van der Waals surface area contributed by atoms with Crippen LogP contribution in [0.2, 0.25) is 0 Å². The maximum atomic E-state index is 11.8. The molecule has 3 atom stereocenters. The molecule has 0 aromatic carbocycles. The van der Waals surface area contributed by atoms with Crippen molar-refractivity contribution >= 4 is 22.0 Å². The van der Waals surface area contributed by atoms with Crippen molar-refractivity contribution in [1.82, 2.24) is 20.3 Å². The molecule has 2 rings (SSSR count). The van der Waals surface area contributed by atoms with Gasteiger partial charge in [0, 0.05) is 12.0 Å². The Bertz CT molecular complexity index is 566. The molecule has 0 saturated heterocycles. The summed E-state index contributed by atoms with van der Waals surface area (Å²) in [4.78, 5) is 13.5. The largest absolute Gasteiger partial charge is 0.444 e. The topological polar surface area (TPSA) is 89.3 Å². The Hall–Kier alpha value is -1.15. The summed E-state index contributed by atoms with van der Waals surface area (Å²) >= 11 is 3.36. The molecular formula is C15H25BrN4O3. The third-order valence-corrected chi connectivity index (χ3v) is 4.36.